The number of hydrogen-bond donors (Lipinski definition) is 0. The molecule has 0 aliphatic carbocycles. The molecule has 0 atom stereocenters. The van der Waals surface area contributed by atoms with Crippen molar-refractivity contribution in [3.8, 4) is 5.75 Å². The summed E-state index contributed by atoms with van der Waals surface area (Å²) in [5.74, 6) is 0.0729. The molecule has 25 heavy (non-hydrogen) atoms. The van der Waals surface area contributed by atoms with E-state index < -0.39 is 10.9 Å². The molecule has 0 unspecified atom stereocenters. The monoisotopic (exact) mass is 341 g/mol. The molecule has 1 aromatic heterocycles. The normalized spacial score (nSPS) is 10.6. The fourth-order valence-electron chi connectivity index (χ4n) is 2.59. The second kappa shape index (κ2) is 6.60. The Kier molecular flexibility index (Phi) is 4.34. The Morgan fingerprint density at radius 3 is 2.72 bits per heavy atom. The molecule has 0 saturated heterocycles. The summed E-state index contributed by atoms with van der Waals surface area (Å²) in [5.41, 5.74) is 2.50. The Labute approximate surface area is 142 Å². The smallest absolute Gasteiger partial charge is 0.337 e. The minimum atomic E-state index is -0.450. The van der Waals surface area contributed by atoms with Crippen LogP contribution in [0.1, 0.15) is 15.9 Å². The quantitative estimate of drug-likeness (QED) is 0.402. The Balaban J connectivity index is 1.99. The van der Waals surface area contributed by atoms with Crippen LogP contribution < -0.4 is 4.74 Å². The largest absolute Gasteiger partial charge is 0.496 e. The number of fused-ring (bicyclic) bond motifs is 1. The van der Waals surface area contributed by atoms with Crippen LogP contribution in [0.25, 0.3) is 11.0 Å². The Bertz CT molecular complexity index is 964. The maximum absolute atomic E-state index is 11.6. The van der Waals surface area contributed by atoms with Gasteiger partial charge in [-0.05, 0) is 18.2 Å². The van der Waals surface area contributed by atoms with Gasteiger partial charge in [-0.3, -0.25) is 10.1 Å². The number of benzene rings is 2. The van der Waals surface area contributed by atoms with Crippen LogP contribution in [0, 0.1) is 10.1 Å². The van der Waals surface area contributed by atoms with Gasteiger partial charge >= 0.3 is 5.97 Å². The zero-order valence-corrected chi connectivity index (χ0v) is 13.6. The van der Waals surface area contributed by atoms with Crippen molar-refractivity contribution in [3.05, 3.63) is 64.0 Å². The molecule has 1 heterocycles. The van der Waals surface area contributed by atoms with E-state index in [4.69, 9.17) is 9.47 Å². The summed E-state index contributed by atoms with van der Waals surface area (Å²) in [4.78, 5) is 26.4. The van der Waals surface area contributed by atoms with Gasteiger partial charge in [-0.2, -0.15) is 0 Å². The van der Waals surface area contributed by atoms with E-state index in [2.05, 4.69) is 4.98 Å². The third-order valence-corrected chi connectivity index (χ3v) is 3.86. The van der Waals surface area contributed by atoms with Crippen molar-refractivity contribution in [3.63, 3.8) is 0 Å². The SMILES string of the molecule is COC(=O)c1ccc(Cn2cnc3ccc([N+](=O)[O-])cc32)c(OC)c1. The highest BCUT2D eigenvalue weighted by atomic mass is 16.6. The third-order valence-electron chi connectivity index (χ3n) is 3.86. The molecule has 8 nitrogen and oxygen atoms in total. The van der Waals surface area contributed by atoms with Crippen molar-refractivity contribution < 1.29 is 19.2 Å². The maximum Gasteiger partial charge on any atom is 0.337 e. The van der Waals surface area contributed by atoms with Gasteiger partial charge in [0, 0.05) is 17.7 Å². The van der Waals surface area contributed by atoms with Gasteiger partial charge in [0.05, 0.1) is 48.6 Å². The Morgan fingerprint density at radius 1 is 1.24 bits per heavy atom. The van der Waals surface area contributed by atoms with E-state index in [9.17, 15) is 14.9 Å². The van der Waals surface area contributed by atoms with Gasteiger partial charge in [-0.25, -0.2) is 9.78 Å². The van der Waals surface area contributed by atoms with Crippen molar-refractivity contribution >= 4 is 22.7 Å². The van der Waals surface area contributed by atoms with Gasteiger partial charge < -0.3 is 14.0 Å². The predicted molar refractivity (Wildman–Crippen MR) is 89.8 cm³/mol. The lowest BCUT2D eigenvalue weighted by Crippen LogP contribution is -2.05. The van der Waals surface area contributed by atoms with Crippen molar-refractivity contribution in [1.82, 2.24) is 9.55 Å². The van der Waals surface area contributed by atoms with E-state index in [0.717, 1.165) is 5.56 Å². The lowest BCUT2D eigenvalue weighted by Gasteiger charge is -2.11. The van der Waals surface area contributed by atoms with Crippen LogP contribution in [0.2, 0.25) is 0 Å². The highest BCUT2D eigenvalue weighted by Gasteiger charge is 2.14. The number of carbonyl (C=O) groups excluding carboxylic acids is 1. The minimum absolute atomic E-state index is 0.00209. The van der Waals surface area contributed by atoms with Crippen molar-refractivity contribution in [2.75, 3.05) is 14.2 Å². The molecule has 3 rings (SSSR count). The van der Waals surface area contributed by atoms with Gasteiger partial charge in [-0.1, -0.05) is 6.07 Å². The van der Waals surface area contributed by atoms with Crippen LogP contribution in [0.15, 0.2) is 42.7 Å². The molecule has 0 bridgehead atoms. The molecule has 0 amide bonds. The van der Waals surface area contributed by atoms with Crippen molar-refractivity contribution in [2.45, 2.75) is 6.54 Å². The summed E-state index contributed by atoms with van der Waals surface area (Å²) in [6.07, 6.45) is 1.61. The van der Waals surface area contributed by atoms with Gasteiger partial charge in [0.2, 0.25) is 0 Å². The zero-order valence-electron chi connectivity index (χ0n) is 13.6. The minimum Gasteiger partial charge on any atom is -0.496 e. The molecule has 0 radical (unpaired) electrons. The average Bonchev–Trinajstić information content (AvgIpc) is 3.03. The summed E-state index contributed by atoms with van der Waals surface area (Å²) in [6, 6.07) is 9.52. The van der Waals surface area contributed by atoms with Gasteiger partial charge in [-0.15, -0.1) is 0 Å². The maximum atomic E-state index is 11.6. The molecular formula is C17H15N3O5. The first-order valence-electron chi connectivity index (χ1n) is 7.38. The number of carbonyl (C=O) groups is 1. The number of nitrogens with zero attached hydrogens (tertiary/aromatic N) is 3. The molecule has 0 aliphatic rings. The van der Waals surface area contributed by atoms with Gasteiger partial charge in [0.1, 0.15) is 5.75 Å². The van der Waals surface area contributed by atoms with Crippen molar-refractivity contribution in [1.29, 1.82) is 0 Å². The summed E-state index contributed by atoms with van der Waals surface area (Å²) >= 11 is 0. The average molecular weight is 341 g/mol. The molecule has 8 heteroatoms. The lowest BCUT2D eigenvalue weighted by molar-refractivity contribution is -0.384. The van der Waals surface area contributed by atoms with E-state index >= 15 is 0 Å². The Morgan fingerprint density at radius 2 is 2.04 bits per heavy atom. The number of esters is 1. The number of hydrogen-bond acceptors (Lipinski definition) is 6. The molecule has 2 aromatic carbocycles. The molecule has 0 fully saturated rings. The number of aromatic nitrogens is 2. The fraction of sp³-hybridized carbons (Fsp3) is 0.176. The number of methoxy groups -OCH3 is 2. The van der Waals surface area contributed by atoms with E-state index in [0.29, 0.717) is 28.9 Å². The number of ether oxygens (including phenoxy) is 2. The topological polar surface area (TPSA) is 96.5 Å². The van der Waals surface area contributed by atoms with Crippen LogP contribution in [-0.2, 0) is 11.3 Å². The molecule has 0 aliphatic heterocycles. The number of non-ortho nitro benzene ring substituents is 1. The predicted octanol–water partition coefficient (Wildman–Crippen LogP) is 2.79. The number of rotatable bonds is 5. The molecule has 0 saturated carbocycles. The van der Waals surface area contributed by atoms with Gasteiger partial charge in [0.25, 0.3) is 5.69 Å². The molecule has 0 N–H and O–H groups in total. The van der Waals surface area contributed by atoms with Crippen LogP contribution in [0.5, 0.6) is 5.75 Å². The van der Waals surface area contributed by atoms with Crippen LogP contribution in [-0.4, -0.2) is 34.7 Å². The van der Waals surface area contributed by atoms with E-state index in [-0.39, 0.29) is 5.69 Å². The number of nitro benzene ring substituents is 1. The van der Waals surface area contributed by atoms with Crippen LogP contribution >= 0.6 is 0 Å². The van der Waals surface area contributed by atoms with E-state index in [1.54, 1.807) is 35.2 Å². The first-order chi connectivity index (χ1) is 12.0. The first-order valence-corrected chi connectivity index (χ1v) is 7.38. The third kappa shape index (κ3) is 3.14. The van der Waals surface area contributed by atoms with Crippen LogP contribution in [0.4, 0.5) is 5.69 Å². The van der Waals surface area contributed by atoms with Gasteiger partial charge in [0.15, 0.2) is 0 Å². The van der Waals surface area contributed by atoms with Crippen molar-refractivity contribution in [2.24, 2.45) is 0 Å². The fourth-order valence-corrected chi connectivity index (χ4v) is 2.59. The summed E-state index contributed by atoms with van der Waals surface area (Å²) in [5, 5.41) is 11.0. The van der Waals surface area contributed by atoms with Crippen LogP contribution in [0.3, 0.4) is 0 Å². The molecule has 128 valence electrons. The summed E-state index contributed by atoms with van der Waals surface area (Å²) < 4.78 is 11.8. The molecule has 3 aromatic rings. The zero-order chi connectivity index (χ0) is 18.0. The van der Waals surface area contributed by atoms with E-state index in [1.807, 2.05) is 0 Å². The second-order valence-electron chi connectivity index (χ2n) is 5.32. The molecule has 0 spiro atoms. The highest BCUT2D eigenvalue weighted by Crippen LogP contribution is 2.25. The summed E-state index contributed by atoms with van der Waals surface area (Å²) in [6.45, 7) is 0.391. The van der Waals surface area contributed by atoms with E-state index in [1.165, 1.54) is 26.4 Å². The molecular weight excluding hydrogens is 326 g/mol. The highest BCUT2D eigenvalue weighted by molar-refractivity contribution is 5.90. The standard InChI is InChI=1S/C17H15N3O5/c1-24-16-7-11(17(21)25-2)3-4-12(16)9-19-10-18-14-6-5-13(20(22)23)8-15(14)19/h3-8,10H,9H2,1-2H3. The lowest BCUT2D eigenvalue weighted by atomic mass is 10.1. The summed E-state index contributed by atoms with van der Waals surface area (Å²) in [7, 11) is 2.82. The number of nitro groups is 1. The number of imidazole rings is 1. The Hall–Kier alpha value is -3.42. The first kappa shape index (κ1) is 16.4. The second-order valence-corrected chi connectivity index (χ2v) is 5.32.